The molecular weight excluding hydrogens is 448 g/mol. The van der Waals surface area contributed by atoms with Crippen molar-refractivity contribution >= 4 is 27.9 Å². The summed E-state index contributed by atoms with van der Waals surface area (Å²) in [6, 6.07) is 3.10. The van der Waals surface area contributed by atoms with Gasteiger partial charge in [0, 0.05) is 19.6 Å². The number of nitrogens with two attached hydrogens (primary N) is 1. The van der Waals surface area contributed by atoms with Crippen LogP contribution >= 0.6 is 0 Å². The van der Waals surface area contributed by atoms with E-state index in [0.717, 1.165) is 44.6 Å². The number of sulfonamides is 1. The van der Waals surface area contributed by atoms with E-state index in [9.17, 15) is 22.8 Å². The first-order chi connectivity index (χ1) is 15.8. The molecule has 1 saturated heterocycles. The molecular formula is C22H30N4O6S. The zero-order chi connectivity index (χ0) is 23.8. The second kappa shape index (κ2) is 11.3. The van der Waals surface area contributed by atoms with Gasteiger partial charge in [-0.25, -0.2) is 13.2 Å². The molecule has 1 aromatic carbocycles. The predicted molar refractivity (Wildman–Crippen MR) is 121 cm³/mol. The second-order valence-corrected chi connectivity index (χ2v) is 10.0. The summed E-state index contributed by atoms with van der Waals surface area (Å²) in [5, 5.41) is 4.78. The van der Waals surface area contributed by atoms with Crippen LogP contribution in [0.15, 0.2) is 34.7 Å². The van der Waals surface area contributed by atoms with Crippen LogP contribution in [0.5, 0.6) is 5.75 Å². The predicted octanol–water partition coefficient (Wildman–Crippen LogP) is 1.67. The quantitative estimate of drug-likeness (QED) is 0.460. The van der Waals surface area contributed by atoms with E-state index in [1.165, 1.54) is 28.4 Å². The van der Waals surface area contributed by atoms with E-state index in [-0.39, 0.29) is 16.2 Å². The van der Waals surface area contributed by atoms with Gasteiger partial charge in [0.25, 0.3) is 11.8 Å². The lowest BCUT2D eigenvalue weighted by molar-refractivity contribution is -0.122. The minimum atomic E-state index is -3.74. The van der Waals surface area contributed by atoms with Crippen molar-refractivity contribution in [3.63, 3.8) is 0 Å². The molecule has 10 nitrogen and oxygen atoms in total. The molecule has 1 aliphatic heterocycles. The maximum Gasteiger partial charge on any atom is 0.321 e. The van der Waals surface area contributed by atoms with Gasteiger partial charge in [-0.1, -0.05) is 11.6 Å². The van der Waals surface area contributed by atoms with Crippen molar-refractivity contribution in [2.24, 2.45) is 5.73 Å². The summed E-state index contributed by atoms with van der Waals surface area (Å²) in [5.41, 5.74) is 6.54. The fraction of sp³-hybridized carbons (Fsp3) is 0.500. The van der Waals surface area contributed by atoms with Crippen LogP contribution in [0.3, 0.4) is 0 Å². The first kappa shape index (κ1) is 24.7. The van der Waals surface area contributed by atoms with Gasteiger partial charge in [0.15, 0.2) is 6.61 Å². The molecule has 4 N–H and O–H groups in total. The van der Waals surface area contributed by atoms with E-state index in [0.29, 0.717) is 19.6 Å². The van der Waals surface area contributed by atoms with E-state index in [4.69, 9.17) is 10.5 Å². The standard InChI is InChI=1S/C22H30N4O6S/c23-21(28)18-14-17(33(30,31)26-12-4-5-13-26)8-9-19(18)32-15-20(27)25-22(29)24-11-10-16-6-2-1-3-7-16/h6,8-9,14H,1-5,7,10-13,15H2,(H2,23,28)(H2,24,25,27,29). The largest absolute Gasteiger partial charge is 0.483 e. The SMILES string of the molecule is NC(=O)c1cc(S(=O)(=O)N2CCCC2)ccc1OCC(=O)NC(=O)NCCC1=CCCCC1. The lowest BCUT2D eigenvalue weighted by Gasteiger charge is -2.17. The third-order valence-corrected chi connectivity index (χ3v) is 7.54. The molecule has 3 rings (SSSR count). The minimum absolute atomic E-state index is 0.0392. The summed E-state index contributed by atoms with van der Waals surface area (Å²) in [6.07, 6.45) is 8.96. The Morgan fingerprint density at radius 2 is 1.85 bits per heavy atom. The van der Waals surface area contributed by atoms with Crippen molar-refractivity contribution in [3.05, 3.63) is 35.4 Å². The van der Waals surface area contributed by atoms with Crippen LogP contribution in [-0.4, -0.2) is 56.8 Å². The number of primary amides is 1. The summed E-state index contributed by atoms with van der Waals surface area (Å²) in [7, 11) is -3.74. The average molecular weight is 479 g/mol. The monoisotopic (exact) mass is 478 g/mol. The summed E-state index contributed by atoms with van der Waals surface area (Å²) in [5.74, 6) is -1.64. The van der Waals surface area contributed by atoms with Crippen molar-refractivity contribution in [2.75, 3.05) is 26.2 Å². The van der Waals surface area contributed by atoms with Crippen LogP contribution in [0, 0.1) is 0 Å². The van der Waals surface area contributed by atoms with Gasteiger partial charge in [-0.05, 0) is 63.1 Å². The topological polar surface area (TPSA) is 148 Å². The van der Waals surface area contributed by atoms with Crippen LogP contribution < -0.4 is 21.1 Å². The highest BCUT2D eigenvalue weighted by Gasteiger charge is 2.28. The van der Waals surface area contributed by atoms with Crippen LogP contribution in [0.1, 0.15) is 55.3 Å². The maximum absolute atomic E-state index is 12.7. The zero-order valence-electron chi connectivity index (χ0n) is 18.5. The van der Waals surface area contributed by atoms with E-state index in [2.05, 4.69) is 16.7 Å². The Morgan fingerprint density at radius 3 is 2.52 bits per heavy atom. The Bertz CT molecular complexity index is 1030. The molecule has 0 aromatic heterocycles. The average Bonchev–Trinajstić information content (AvgIpc) is 3.34. The highest BCUT2D eigenvalue weighted by Crippen LogP contribution is 2.26. The number of allylic oxidation sites excluding steroid dienone is 1. The van der Waals surface area contributed by atoms with Crippen molar-refractivity contribution in [1.82, 2.24) is 14.9 Å². The number of amides is 4. The van der Waals surface area contributed by atoms with Gasteiger partial charge in [0.05, 0.1) is 10.5 Å². The zero-order valence-corrected chi connectivity index (χ0v) is 19.3. The fourth-order valence-electron chi connectivity index (χ4n) is 3.88. The molecule has 1 aromatic rings. The Labute approximate surface area is 193 Å². The van der Waals surface area contributed by atoms with Crippen molar-refractivity contribution in [3.8, 4) is 5.75 Å². The first-order valence-electron chi connectivity index (χ1n) is 11.1. The van der Waals surface area contributed by atoms with Gasteiger partial charge in [0.1, 0.15) is 5.75 Å². The number of carbonyl (C=O) groups is 3. The Hall–Kier alpha value is -2.92. The van der Waals surface area contributed by atoms with E-state index in [1.807, 2.05) is 0 Å². The van der Waals surface area contributed by atoms with Gasteiger partial charge in [-0.15, -0.1) is 0 Å². The molecule has 0 spiro atoms. The lowest BCUT2D eigenvalue weighted by atomic mass is 9.97. The van der Waals surface area contributed by atoms with E-state index in [1.54, 1.807) is 0 Å². The number of ether oxygens (including phenoxy) is 1. The van der Waals surface area contributed by atoms with E-state index >= 15 is 0 Å². The number of nitrogens with zero attached hydrogens (tertiary/aromatic N) is 1. The summed E-state index contributed by atoms with van der Waals surface area (Å²) in [6.45, 7) is 0.723. The molecule has 1 heterocycles. The molecule has 0 radical (unpaired) electrons. The smallest absolute Gasteiger partial charge is 0.321 e. The highest BCUT2D eigenvalue weighted by atomic mass is 32.2. The fourth-order valence-corrected chi connectivity index (χ4v) is 5.43. The number of rotatable bonds is 9. The van der Waals surface area contributed by atoms with Crippen LogP contribution in [0.2, 0.25) is 0 Å². The molecule has 0 bridgehead atoms. The van der Waals surface area contributed by atoms with Crippen LogP contribution in [0.25, 0.3) is 0 Å². The van der Waals surface area contributed by atoms with Gasteiger partial charge in [0.2, 0.25) is 10.0 Å². The number of imide groups is 1. The van der Waals surface area contributed by atoms with Crippen molar-refractivity contribution in [1.29, 1.82) is 0 Å². The number of benzene rings is 1. The van der Waals surface area contributed by atoms with Crippen molar-refractivity contribution in [2.45, 2.75) is 49.8 Å². The normalized spacial score (nSPS) is 16.7. The second-order valence-electron chi connectivity index (χ2n) is 8.08. The van der Waals surface area contributed by atoms with Crippen LogP contribution in [-0.2, 0) is 14.8 Å². The van der Waals surface area contributed by atoms with E-state index < -0.39 is 34.5 Å². The maximum atomic E-state index is 12.7. The number of nitrogens with one attached hydrogen (secondary N) is 2. The van der Waals surface area contributed by atoms with Gasteiger partial charge in [-0.3, -0.25) is 14.9 Å². The molecule has 2 aliphatic rings. The summed E-state index contributed by atoms with van der Waals surface area (Å²) < 4.78 is 32.1. The third kappa shape index (κ3) is 6.78. The Morgan fingerprint density at radius 1 is 1.09 bits per heavy atom. The molecule has 180 valence electrons. The molecule has 1 aliphatic carbocycles. The number of urea groups is 1. The lowest BCUT2D eigenvalue weighted by Crippen LogP contribution is -2.42. The molecule has 0 atom stereocenters. The highest BCUT2D eigenvalue weighted by molar-refractivity contribution is 7.89. The molecule has 4 amide bonds. The number of hydrogen-bond donors (Lipinski definition) is 3. The molecule has 1 fully saturated rings. The van der Waals surface area contributed by atoms with Crippen molar-refractivity contribution < 1.29 is 27.5 Å². The molecule has 11 heteroatoms. The number of carbonyl (C=O) groups excluding carboxylic acids is 3. The Kier molecular flexibility index (Phi) is 8.45. The molecule has 33 heavy (non-hydrogen) atoms. The molecule has 0 saturated carbocycles. The van der Waals surface area contributed by atoms with Gasteiger partial charge < -0.3 is 15.8 Å². The third-order valence-electron chi connectivity index (χ3n) is 5.65. The van der Waals surface area contributed by atoms with Gasteiger partial charge in [-0.2, -0.15) is 4.31 Å². The Balaban J connectivity index is 1.53. The van der Waals surface area contributed by atoms with Crippen LogP contribution in [0.4, 0.5) is 4.79 Å². The summed E-state index contributed by atoms with van der Waals surface area (Å²) in [4.78, 5) is 35.7. The molecule has 0 unspecified atom stereocenters. The minimum Gasteiger partial charge on any atom is -0.483 e. The first-order valence-corrected chi connectivity index (χ1v) is 12.5. The summed E-state index contributed by atoms with van der Waals surface area (Å²) >= 11 is 0. The van der Waals surface area contributed by atoms with Gasteiger partial charge >= 0.3 is 6.03 Å². The number of hydrogen-bond acceptors (Lipinski definition) is 6.